The van der Waals surface area contributed by atoms with E-state index in [2.05, 4.69) is 10.3 Å². The van der Waals surface area contributed by atoms with Crippen LogP contribution in [0.3, 0.4) is 0 Å². The highest BCUT2D eigenvalue weighted by atomic mass is 16.5. The third-order valence-corrected chi connectivity index (χ3v) is 2.68. The van der Waals surface area contributed by atoms with Crippen molar-refractivity contribution in [3.63, 3.8) is 0 Å². The van der Waals surface area contributed by atoms with E-state index < -0.39 is 0 Å². The van der Waals surface area contributed by atoms with Crippen molar-refractivity contribution >= 4 is 5.82 Å². The van der Waals surface area contributed by atoms with Gasteiger partial charge in [-0.25, -0.2) is 4.98 Å². The van der Waals surface area contributed by atoms with Crippen molar-refractivity contribution in [1.82, 2.24) is 4.98 Å². The molecule has 1 N–H and O–H groups in total. The Kier molecular flexibility index (Phi) is 3.73. The lowest BCUT2D eigenvalue weighted by Crippen LogP contribution is -2.27. The maximum atomic E-state index is 8.63. The Hall–Kier alpha value is -1.60. The summed E-state index contributed by atoms with van der Waals surface area (Å²) in [5.41, 5.74) is 0.583. The minimum Gasteiger partial charge on any atom is -0.376 e. The van der Waals surface area contributed by atoms with E-state index >= 15 is 0 Å². The fraction of sp³-hybridized carbons (Fsp3) is 0.500. The molecule has 1 aromatic rings. The Bertz CT molecular complexity index is 363. The molecule has 2 heterocycles. The van der Waals surface area contributed by atoms with Gasteiger partial charge in [-0.15, -0.1) is 0 Å². The van der Waals surface area contributed by atoms with Crippen LogP contribution in [0.25, 0.3) is 0 Å². The van der Waals surface area contributed by atoms with Gasteiger partial charge in [-0.2, -0.15) is 5.26 Å². The second-order valence-corrected chi connectivity index (χ2v) is 3.91. The van der Waals surface area contributed by atoms with Crippen molar-refractivity contribution in [3.8, 4) is 6.07 Å². The molecule has 0 spiro atoms. The number of rotatable bonds is 3. The van der Waals surface area contributed by atoms with Crippen LogP contribution in [-0.2, 0) is 4.74 Å². The lowest BCUT2D eigenvalue weighted by atomic mass is 10.1. The van der Waals surface area contributed by atoms with Crippen LogP contribution in [0, 0.1) is 11.3 Å². The van der Waals surface area contributed by atoms with E-state index in [1.165, 1.54) is 12.8 Å². The summed E-state index contributed by atoms with van der Waals surface area (Å²) in [7, 11) is 0. The fourth-order valence-electron chi connectivity index (χ4n) is 1.75. The molecule has 0 radical (unpaired) electrons. The number of ether oxygens (including phenoxy) is 1. The maximum Gasteiger partial charge on any atom is 0.126 e. The average Bonchev–Trinajstić information content (AvgIpc) is 2.38. The van der Waals surface area contributed by atoms with Crippen molar-refractivity contribution in [2.75, 3.05) is 18.5 Å². The van der Waals surface area contributed by atoms with Gasteiger partial charge in [-0.1, -0.05) is 0 Å². The van der Waals surface area contributed by atoms with Crippen LogP contribution < -0.4 is 5.32 Å². The number of pyridine rings is 1. The van der Waals surface area contributed by atoms with E-state index in [1.807, 2.05) is 12.1 Å². The molecule has 0 saturated carbocycles. The summed E-state index contributed by atoms with van der Waals surface area (Å²) < 4.78 is 5.60. The number of nitriles is 1. The molecule has 1 fully saturated rings. The lowest BCUT2D eigenvalue weighted by molar-refractivity contribution is 0.0247. The van der Waals surface area contributed by atoms with E-state index in [-0.39, 0.29) is 0 Å². The second-order valence-electron chi connectivity index (χ2n) is 3.91. The normalized spacial score (nSPS) is 20.1. The molecule has 0 amide bonds. The molecule has 4 nitrogen and oxygen atoms in total. The van der Waals surface area contributed by atoms with Gasteiger partial charge in [-0.3, -0.25) is 0 Å². The van der Waals surface area contributed by atoms with E-state index in [4.69, 9.17) is 10.00 Å². The molecule has 4 heteroatoms. The standard InChI is InChI=1S/C12H15N3O/c13-7-10-4-5-12(14-8-10)15-9-11-3-1-2-6-16-11/h4-5,8,11H,1-3,6,9H2,(H,14,15). The first-order valence-electron chi connectivity index (χ1n) is 5.60. The summed E-state index contributed by atoms with van der Waals surface area (Å²) in [6.07, 6.45) is 5.40. The van der Waals surface area contributed by atoms with Gasteiger partial charge in [0.1, 0.15) is 11.9 Å². The number of nitrogens with zero attached hydrogens (tertiary/aromatic N) is 2. The highest BCUT2D eigenvalue weighted by Crippen LogP contribution is 2.13. The Balaban J connectivity index is 1.82. The number of aromatic nitrogens is 1. The summed E-state index contributed by atoms with van der Waals surface area (Å²) in [6, 6.07) is 5.63. The topological polar surface area (TPSA) is 57.9 Å². The Morgan fingerprint density at radius 2 is 2.44 bits per heavy atom. The Morgan fingerprint density at radius 3 is 3.06 bits per heavy atom. The zero-order valence-corrected chi connectivity index (χ0v) is 9.15. The van der Waals surface area contributed by atoms with Gasteiger partial charge < -0.3 is 10.1 Å². The predicted octanol–water partition coefficient (Wildman–Crippen LogP) is 1.93. The van der Waals surface area contributed by atoms with Crippen LogP contribution in [0.2, 0.25) is 0 Å². The molecule has 2 rings (SSSR count). The first-order chi connectivity index (χ1) is 7.88. The van der Waals surface area contributed by atoms with E-state index in [0.29, 0.717) is 11.7 Å². The molecule has 0 aromatic carbocycles. The molecule has 1 aliphatic rings. The van der Waals surface area contributed by atoms with E-state index in [9.17, 15) is 0 Å². The smallest absolute Gasteiger partial charge is 0.126 e. The predicted molar refractivity (Wildman–Crippen MR) is 61.0 cm³/mol. The zero-order chi connectivity index (χ0) is 11.2. The quantitative estimate of drug-likeness (QED) is 0.840. The monoisotopic (exact) mass is 217 g/mol. The third kappa shape index (κ3) is 2.94. The van der Waals surface area contributed by atoms with Crippen LogP contribution >= 0.6 is 0 Å². The fourth-order valence-corrected chi connectivity index (χ4v) is 1.75. The highest BCUT2D eigenvalue weighted by Gasteiger charge is 2.13. The van der Waals surface area contributed by atoms with Gasteiger partial charge in [0.25, 0.3) is 0 Å². The Morgan fingerprint density at radius 1 is 1.50 bits per heavy atom. The van der Waals surface area contributed by atoms with Gasteiger partial charge in [0.05, 0.1) is 11.7 Å². The summed E-state index contributed by atoms with van der Waals surface area (Å²) in [5.74, 6) is 0.799. The number of nitrogens with one attached hydrogen (secondary N) is 1. The van der Waals surface area contributed by atoms with Crippen LogP contribution in [0.15, 0.2) is 18.3 Å². The maximum absolute atomic E-state index is 8.63. The third-order valence-electron chi connectivity index (χ3n) is 2.68. The van der Waals surface area contributed by atoms with Crippen LogP contribution in [0.5, 0.6) is 0 Å². The summed E-state index contributed by atoms with van der Waals surface area (Å²) in [4.78, 5) is 4.14. The molecule has 1 aliphatic heterocycles. The Labute approximate surface area is 95.3 Å². The average molecular weight is 217 g/mol. The van der Waals surface area contributed by atoms with Crippen LogP contribution in [-0.4, -0.2) is 24.2 Å². The second kappa shape index (κ2) is 5.47. The largest absolute Gasteiger partial charge is 0.376 e. The van der Waals surface area contributed by atoms with Crippen molar-refractivity contribution in [1.29, 1.82) is 5.26 Å². The molecular formula is C12H15N3O. The summed E-state index contributed by atoms with van der Waals surface area (Å²) in [5, 5.41) is 11.9. The zero-order valence-electron chi connectivity index (χ0n) is 9.15. The van der Waals surface area contributed by atoms with E-state index in [0.717, 1.165) is 25.4 Å². The van der Waals surface area contributed by atoms with Crippen molar-refractivity contribution < 1.29 is 4.74 Å². The molecule has 0 aliphatic carbocycles. The molecule has 16 heavy (non-hydrogen) atoms. The van der Waals surface area contributed by atoms with Crippen LogP contribution in [0.1, 0.15) is 24.8 Å². The SMILES string of the molecule is N#Cc1ccc(NCC2CCCCO2)nc1. The first-order valence-corrected chi connectivity index (χ1v) is 5.60. The van der Waals surface area contributed by atoms with Gasteiger partial charge in [0, 0.05) is 19.3 Å². The molecule has 1 aromatic heterocycles. The minimum absolute atomic E-state index is 0.297. The molecule has 84 valence electrons. The first kappa shape index (κ1) is 10.9. The molecule has 1 atom stereocenters. The van der Waals surface area contributed by atoms with Crippen molar-refractivity contribution in [2.45, 2.75) is 25.4 Å². The molecule has 0 bridgehead atoms. The summed E-state index contributed by atoms with van der Waals surface area (Å²) in [6.45, 7) is 1.66. The molecule has 1 saturated heterocycles. The number of anilines is 1. The van der Waals surface area contributed by atoms with Crippen LogP contribution in [0.4, 0.5) is 5.82 Å². The van der Waals surface area contributed by atoms with Crippen molar-refractivity contribution in [3.05, 3.63) is 23.9 Å². The lowest BCUT2D eigenvalue weighted by Gasteiger charge is -2.22. The van der Waals surface area contributed by atoms with Gasteiger partial charge in [0.2, 0.25) is 0 Å². The molecular weight excluding hydrogens is 202 g/mol. The molecule has 1 unspecified atom stereocenters. The van der Waals surface area contributed by atoms with E-state index in [1.54, 1.807) is 12.3 Å². The highest BCUT2D eigenvalue weighted by molar-refractivity contribution is 5.38. The van der Waals surface area contributed by atoms with Gasteiger partial charge >= 0.3 is 0 Å². The number of hydrogen-bond donors (Lipinski definition) is 1. The minimum atomic E-state index is 0.297. The van der Waals surface area contributed by atoms with Gasteiger partial charge in [0.15, 0.2) is 0 Å². The van der Waals surface area contributed by atoms with Gasteiger partial charge in [-0.05, 0) is 31.4 Å². The number of hydrogen-bond acceptors (Lipinski definition) is 4. The summed E-state index contributed by atoms with van der Waals surface area (Å²) >= 11 is 0. The van der Waals surface area contributed by atoms with Crippen molar-refractivity contribution in [2.24, 2.45) is 0 Å².